The van der Waals surface area contributed by atoms with Crippen LogP contribution in [0.2, 0.25) is 0 Å². The molecule has 0 saturated carbocycles. The van der Waals surface area contributed by atoms with Gasteiger partial charge in [0.1, 0.15) is 6.61 Å². The Morgan fingerprint density at radius 2 is 1.92 bits per heavy atom. The maximum Gasteiger partial charge on any atom is 0.312 e. The summed E-state index contributed by atoms with van der Waals surface area (Å²) in [5.41, 5.74) is -0.467. The van der Waals surface area contributed by atoms with E-state index in [1.165, 1.54) is 0 Å². The molecule has 0 bridgehead atoms. The molecule has 76 valence electrons. The molecule has 3 N–H and O–H groups in total. The monoisotopic (exact) mass is 185 g/mol. The van der Waals surface area contributed by atoms with Crippen LogP contribution in [-0.4, -0.2) is 12.6 Å². The number of ether oxygens (including phenoxy) is 1. The number of carbonyl (C=O) groups is 1. The lowest BCUT2D eigenvalue weighted by atomic mass is 9.90. The Morgan fingerprint density at radius 1 is 1.38 bits per heavy atom. The molecule has 0 aromatic carbocycles. The van der Waals surface area contributed by atoms with Gasteiger partial charge in [0.05, 0.1) is 5.41 Å². The Labute approximate surface area is 80.1 Å². The SMILES string of the molecule is C=CCOC(=O)C(C)(C)CC=C.N. The van der Waals surface area contributed by atoms with Gasteiger partial charge in [-0.1, -0.05) is 18.7 Å². The average Bonchev–Trinajstić information content (AvgIpc) is 2.00. The van der Waals surface area contributed by atoms with E-state index < -0.39 is 5.41 Å². The molecule has 0 aromatic rings. The van der Waals surface area contributed by atoms with Crippen LogP contribution in [0.4, 0.5) is 0 Å². The molecular weight excluding hydrogens is 166 g/mol. The first-order valence-corrected chi connectivity index (χ1v) is 3.93. The fourth-order valence-electron chi connectivity index (χ4n) is 0.774. The molecule has 0 aliphatic carbocycles. The van der Waals surface area contributed by atoms with Gasteiger partial charge in [-0.05, 0) is 20.3 Å². The molecule has 3 nitrogen and oxygen atoms in total. The highest BCUT2D eigenvalue weighted by molar-refractivity contribution is 5.76. The van der Waals surface area contributed by atoms with Crippen molar-refractivity contribution in [2.45, 2.75) is 20.3 Å². The lowest BCUT2D eigenvalue weighted by Crippen LogP contribution is -2.25. The zero-order valence-electron chi connectivity index (χ0n) is 8.51. The van der Waals surface area contributed by atoms with Crippen molar-refractivity contribution in [3.05, 3.63) is 25.3 Å². The van der Waals surface area contributed by atoms with E-state index in [1.807, 2.05) is 13.8 Å². The summed E-state index contributed by atoms with van der Waals surface area (Å²) >= 11 is 0. The molecule has 0 aliphatic heterocycles. The molecule has 0 radical (unpaired) electrons. The number of esters is 1. The fraction of sp³-hybridized carbons (Fsp3) is 0.500. The molecule has 3 heteroatoms. The van der Waals surface area contributed by atoms with Crippen LogP contribution in [0, 0.1) is 5.41 Å². The zero-order chi connectivity index (χ0) is 9.61. The topological polar surface area (TPSA) is 61.3 Å². The Morgan fingerprint density at radius 3 is 2.31 bits per heavy atom. The van der Waals surface area contributed by atoms with Crippen LogP contribution in [0.5, 0.6) is 0 Å². The van der Waals surface area contributed by atoms with Gasteiger partial charge >= 0.3 is 5.97 Å². The molecule has 0 amide bonds. The molecule has 0 atom stereocenters. The van der Waals surface area contributed by atoms with Crippen molar-refractivity contribution < 1.29 is 9.53 Å². The predicted molar refractivity (Wildman–Crippen MR) is 54.8 cm³/mol. The number of hydrogen-bond acceptors (Lipinski definition) is 3. The first kappa shape index (κ1) is 14.4. The summed E-state index contributed by atoms with van der Waals surface area (Å²) in [6, 6.07) is 0. The summed E-state index contributed by atoms with van der Waals surface area (Å²) in [4.78, 5) is 11.3. The van der Waals surface area contributed by atoms with Gasteiger partial charge in [0.15, 0.2) is 0 Å². The van der Waals surface area contributed by atoms with Crippen molar-refractivity contribution in [1.82, 2.24) is 6.15 Å². The zero-order valence-corrected chi connectivity index (χ0v) is 8.51. The van der Waals surface area contributed by atoms with Crippen LogP contribution >= 0.6 is 0 Å². The van der Waals surface area contributed by atoms with Crippen LogP contribution in [-0.2, 0) is 9.53 Å². The fourth-order valence-corrected chi connectivity index (χ4v) is 0.774. The molecule has 0 fully saturated rings. The van der Waals surface area contributed by atoms with Gasteiger partial charge in [0.2, 0.25) is 0 Å². The van der Waals surface area contributed by atoms with E-state index in [4.69, 9.17) is 4.74 Å². The Balaban J connectivity index is 0. The third kappa shape index (κ3) is 5.20. The largest absolute Gasteiger partial charge is 0.461 e. The second kappa shape index (κ2) is 6.43. The lowest BCUT2D eigenvalue weighted by molar-refractivity contribution is -0.152. The minimum Gasteiger partial charge on any atom is -0.461 e. The molecular formula is C10H19NO2. The lowest BCUT2D eigenvalue weighted by Gasteiger charge is -2.19. The predicted octanol–water partition coefficient (Wildman–Crippen LogP) is 2.48. The van der Waals surface area contributed by atoms with E-state index in [9.17, 15) is 4.79 Å². The van der Waals surface area contributed by atoms with Gasteiger partial charge in [0.25, 0.3) is 0 Å². The van der Waals surface area contributed by atoms with Crippen LogP contribution in [0.25, 0.3) is 0 Å². The van der Waals surface area contributed by atoms with Crippen LogP contribution in [0.1, 0.15) is 20.3 Å². The smallest absolute Gasteiger partial charge is 0.312 e. The number of rotatable bonds is 5. The van der Waals surface area contributed by atoms with E-state index in [0.717, 1.165) is 0 Å². The van der Waals surface area contributed by atoms with Crippen molar-refractivity contribution in [2.75, 3.05) is 6.61 Å². The summed E-state index contributed by atoms with van der Waals surface area (Å²) in [6.45, 7) is 11.0. The van der Waals surface area contributed by atoms with Gasteiger partial charge < -0.3 is 10.9 Å². The van der Waals surface area contributed by atoms with Gasteiger partial charge in [0, 0.05) is 0 Å². The quantitative estimate of drug-likeness (QED) is 0.528. The summed E-state index contributed by atoms with van der Waals surface area (Å²) in [5.74, 6) is -0.206. The summed E-state index contributed by atoms with van der Waals surface area (Å²) in [7, 11) is 0. The maximum absolute atomic E-state index is 11.3. The molecule has 0 rings (SSSR count). The summed E-state index contributed by atoms with van der Waals surface area (Å²) in [5, 5.41) is 0. The van der Waals surface area contributed by atoms with Crippen LogP contribution < -0.4 is 6.15 Å². The molecule has 0 heterocycles. The number of carbonyl (C=O) groups excluding carboxylic acids is 1. The Hall–Kier alpha value is -1.09. The normalized spacial score (nSPS) is 9.69. The van der Waals surface area contributed by atoms with Gasteiger partial charge in [-0.15, -0.1) is 6.58 Å². The third-order valence-corrected chi connectivity index (χ3v) is 1.54. The van der Waals surface area contributed by atoms with Gasteiger partial charge in [-0.2, -0.15) is 0 Å². The van der Waals surface area contributed by atoms with Crippen molar-refractivity contribution in [3.8, 4) is 0 Å². The maximum atomic E-state index is 11.3. The first-order chi connectivity index (χ1) is 5.54. The highest BCUT2D eigenvalue weighted by Gasteiger charge is 2.27. The minimum absolute atomic E-state index is 0. The molecule has 0 saturated heterocycles. The average molecular weight is 185 g/mol. The van der Waals surface area contributed by atoms with E-state index in [2.05, 4.69) is 13.2 Å². The third-order valence-electron chi connectivity index (χ3n) is 1.54. The molecule has 13 heavy (non-hydrogen) atoms. The molecule has 0 spiro atoms. The van der Waals surface area contributed by atoms with Gasteiger partial charge in [-0.25, -0.2) is 0 Å². The van der Waals surface area contributed by atoms with E-state index in [1.54, 1.807) is 12.2 Å². The second-order valence-corrected chi connectivity index (χ2v) is 3.26. The van der Waals surface area contributed by atoms with Crippen LogP contribution in [0.15, 0.2) is 25.3 Å². The highest BCUT2D eigenvalue weighted by atomic mass is 16.5. The summed E-state index contributed by atoms with van der Waals surface area (Å²) in [6.07, 6.45) is 3.90. The van der Waals surface area contributed by atoms with Crippen LogP contribution in [0.3, 0.4) is 0 Å². The van der Waals surface area contributed by atoms with E-state index in [-0.39, 0.29) is 18.7 Å². The van der Waals surface area contributed by atoms with E-state index >= 15 is 0 Å². The van der Waals surface area contributed by atoms with Gasteiger partial charge in [-0.3, -0.25) is 4.79 Å². The van der Waals surface area contributed by atoms with Crippen molar-refractivity contribution in [1.29, 1.82) is 0 Å². The van der Waals surface area contributed by atoms with Crippen molar-refractivity contribution in [2.24, 2.45) is 5.41 Å². The van der Waals surface area contributed by atoms with E-state index in [0.29, 0.717) is 6.42 Å². The highest BCUT2D eigenvalue weighted by Crippen LogP contribution is 2.22. The van der Waals surface area contributed by atoms with Crippen molar-refractivity contribution in [3.63, 3.8) is 0 Å². The molecule has 0 aromatic heterocycles. The summed E-state index contributed by atoms with van der Waals surface area (Å²) < 4.78 is 4.90. The molecule has 0 aliphatic rings. The first-order valence-electron chi connectivity index (χ1n) is 3.93. The molecule has 0 unspecified atom stereocenters. The standard InChI is InChI=1S/C10H16O2.H3N/c1-5-7-10(3,4)9(11)12-8-6-2;/h5-6H,1-2,7-8H2,3-4H3;1H3. The minimum atomic E-state index is -0.467. The Bertz CT molecular complexity index is 185. The second-order valence-electron chi connectivity index (χ2n) is 3.26. The number of hydrogen-bond donors (Lipinski definition) is 1. The Kier molecular flexibility index (Phi) is 7.14. The number of allylic oxidation sites excluding steroid dienone is 1. The van der Waals surface area contributed by atoms with Crippen molar-refractivity contribution >= 4 is 5.97 Å².